The van der Waals surface area contributed by atoms with E-state index in [2.05, 4.69) is 19.2 Å². The van der Waals surface area contributed by atoms with Gasteiger partial charge in [-0.15, -0.1) is 11.3 Å². The number of primary amides is 1. The lowest BCUT2D eigenvalue weighted by Gasteiger charge is -2.21. The predicted molar refractivity (Wildman–Crippen MR) is 135 cm³/mol. The highest BCUT2D eigenvalue weighted by Gasteiger charge is 2.25. The minimum Gasteiger partial charge on any atom is -0.480 e. The number of hydrogen-bond acceptors (Lipinski definition) is 4. The molecular weight excluding hydrogens is 432 g/mol. The van der Waals surface area contributed by atoms with Gasteiger partial charge in [0, 0.05) is 11.3 Å². The Labute approximate surface area is 200 Å². The van der Waals surface area contributed by atoms with Crippen LogP contribution in [0.5, 0.6) is 5.75 Å². The number of amides is 2. The van der Waals surface area contributed by atoms with Gasteiger partial charge in [-0.05, 0) is 48.4 Å². The fourth-order valence-corrected chi connectivity index (χ4v) is 5.03. The van der Waals surface area contributed by atoms with E-state index >= 15 is 0 Å². The number of anilines is 1. The van der Waals surface area contributed by atoms with Crippen molar-refractivity contribution in [1.29, 1.82) is 0 Å². The van der Waals surface area contributed by atoms with Crippen LogP contribution in [0.15, 0.2) is 54.6 Å². The van der Waals surface area contributed by atoms with E-state index < -0.39 is 12.0 Å². The van der Waals surface area contributed by atoms with Gasteiger partial charge in [-0.25, -0.2) is 0 Å². The third-order valence-electron chi connectivity index (χ3n) is 5.93. The van der Waals surface area contributed by atoms with E-state index in [4.69, 9.17) is 10.5 Å². The molecule has 174 valence electrons. The van der Waals surface area contributed by atoms with Crippen molar-refractivity contribution in [2.45, 2.75) is 59.0 Å². The molecule has 0 aliphatic rings. The first kappa shape index (κ1) is 24.5. The molecule has 2 unspecified atom stereocenters. The maximum absolute atomic E-state index is 13.2. The summed E-state index contributed by atoms with van der Waals surface area (Å²) < 4.78 is 6.16. The summed E-state index contributed by atoms with van der Waals surface area (Å²) in [5, 5.41) is 3.41. The first-order valence-electron chi connectivity index (χ1n) is 11.4. The fraction of sp³-hybridized carbons (Fsp3) is 0.333. The van der Waals surface area contributed by atoms with Gasteiger partial charge < -0.3 is 15.8 Å². The zero-order valence-corrected chi connectivity index (χ0v) is 20.5. The number of carbonyl (C=O) groups is 2. The number of rotatable bonds is 10. The van der Waals surface area contributed by atoms with Crippen molar-refractivity contribution in [2.75, 3.05) is 5.32 Å². The molecule has 2 atom stereocenters. The van der Waals surface area contributed by atoms with Gasteiger partial charge in [0.25, 0.3) is 11.8 Å². The highest BCUT2D eigenvalue weighted by molar-refractivity contribution is 7.17. The van der Waals surface area contributed by atoms with E-state index in [1.165, 1.54) is 11.3 Å². The standard InChI is InChI=1S/C27H32N2O3S/c1-5-17(3)20-14-10-11-15-22(20)32-21(6-2)26(31)29-27-24(25(28)30)18(4)23(33-27)16-19-12-8-7-9-13-19/h7-15,17,21H,5-6,16H2,1-4H3,(H2,28,30)(H,29,31). The van der Waals surface area contributed by atoms with Gasteiger partial charge in [-0.3, -0.25) is 9.59 Å². The number of ether oxygens (including phenoxy) is 1. The lowest BCUT2D eigenvalue weighted by Crippen LogP contribution is -2.33. The first-order valence-corrected chi connectivity index (χ1v) is 12.2. The van der Waals surface area contributed by atoms with Crippen LogP contribution >= 0.6 is 11.3 Å². The number of nitrogens with two attached hydrogens (primary N) is 1. The predicted octanol–water partition coefficient (Wildman–Crippen LogP) is 6.06. The van der Waals surface area contributed by atoms with Crippen LogP contribution in [-0.2, 0) is 11.2 Å². The smallest absolute Gasteiger partial charge is 0.266 e. The van der Waals surface area contributed by atoms with Crippen LogP contribution in [0.4, 0.5) is 5.00 Å². The Balaban J connectivity index is 1.84. The SMILES string of the molecule is CCC(Oc1ccccc1C(C)CC)C(=O)Nc1sc(Cc2ccccc2)c(C)c1C(N)=O. The summed E-state index contributed by atoms with van der Waals surface area (Å²) in [6.45, 7) is 8.06. The monoisotopic (exact) mass is 464 g/mol. The Kier molecular flexibility index (Phi) is 8.28. The maximum Gasteiger partial charge on any atom is 0.266 e. The molecule has 0 radical (unpaired) electrons. The molecule has 0 fully saturated rings. The molecule has 2 amide bonds. The van der Waals surface area contributed by atoms with Gasteiger partial charge in [0.2, 0.25) is 0 Å². The van der Waals surface area contributed by atoms with Crippen LogP contribution in [0.25, 0.3) is 0 Å². The zero-order chi connectivity index (χ0) is 24.0. The number of nitrogens with one attached hydrogen (secondary N) is 1. The largest absolute Gasteiger partial charge is 0.480 e. The molecule has 1 heterocycles. The van der Waals surface area contributed by atoms with Crippen molar-refractivity contribution < 1.29 is 14.3 Å². The van der Waals surface area contributed by atoms with E-state index in [9.17, 15) is 9.59 Å². The average Bonchev–Trinajstić information content (AvgIpc) is 3.12. The molecule has 0 aliphatic heterocycles. The number of benzene rings is 2. The summed E-state index contributed by atoms with van der Waals surface area (Å²) >= 11 is 1.40. The van der Waals surface area contributed by atoms with Crippen LogP contribution in [0.1, 0.15) is 71.5 Å². The number of para-hydroxylation sites is 1. The Hall–Kier alpha value is -3.12. The molecule has 6 heteroatoms. The van der Waals surface area contributed by atoms with Crippen LogP contribution in [0, 0.1) is 6.92 Å². The molecule has 3 rings (SSSR count). The molecule has 0 saturated heterocycles. The molecule has 0 saturated carbocycles. The van der Waals surface area contributed by atoms with Crippen molar-refractivity contribution in [3.63, 3.8) is 0 Å². The maximum atomic E-state index is 13.2. The Morgan fingerprint density at radius 3 is 2.33 bits per heavy atom. The quantitative estimate of drug-likeness (QED) is 0.383. The molecule has 0 spiro atoms. The van der Waals surface area contributed by atoms with Crippen LogP contribution in [0.2, 0.25) is 0 Å². The Morgan fingerprint density at radius 1 is 1.03 bits per heavy atom. The van der Waals surface area contributed by atoms with Crippen molar-refractivity contribution in [3.05, 3.63) is 81.7 Å². The van der Waals surface area contributed by atoms with E-state index in [0.717, 1.165) is 33.7 Å². The second-order valence-corrected chi connectivity index (χ2v) is 9.34. The second-order valence-electron chi connectivity index (χ2n) is 8.23. The Morgan fingerprint density at radius 2 is 1.70 bits per heavy atom. The summed E-state index contributed by atoms with van der Waals surface area (Å²) in [5.74, 6) is 0.209. The van der Waals surface area contributed by atoms with Gasteiger partial charge in [0.15, 0.2) is 6.10 Å². The van der Waals surface area contributed by atoms with Crippen molar-refractivity contribution >= 4 is 28.2 Å². The highest BCUT2D eigenvalue weighted by Crippen LogP contribution is 2.35. The van der Waals surface area contributed by atoms with Crippen molar-refractivity contribution in [3.8, 4) is 5.75 Å². The minimum atomic E-state index is -0.684. The molecule has 0 aliphatic carbocycles. The van der Waals surface area contributed by atoms with Crippen LogP contribution in [0.3, 0.4) is 0 Å². The van der Waals surface area contributed by atoms with Crippen LogP contribution < -0.4 is 15.8 Å². The number of thiophene rings is 1. The second kappa shape index (κ2) is 11.1. The Bertz CT molecular complexity index is 1110. The number of hydrogen-bond donors (Lipinski definition) is 2. The average molecular weight is 465 g/mol. The van der Waals surface area contributed by atoms with Gasteiger partial charge in [0.1, 0.15) is 10.8 Å². The molecule has 2 aromatic carbocycles. The third kappa shape index (κ3) is 5.82. The van der Waals surface area contributed by atoms with Crippen molar-refractivity contribution in [2.24, 2.45) is 5.73 Å². The minimum absolute atomic E-state index is 0.286. The highest BCUT2D eigenvalue weighted by atomic mass is 32.1. The van der Waals surface area contributed by atoms with Gasteiger partial charge in [-0.1, -0.05) is 69.3 Å². The van der Waals surface area contributed by atoms with Gasteiger partial charge >= 0.3 is 0 Å². The van der Waals surface area contributed by atoms with Gasteiger partial charge in [0.05, 0.1) is 5.56 Å². The molecule has 1 aromatic heterocycles. The summed E-state index contributed by atoms with van der Waals surface area (Å²) in [6, 6.07) is 17.8. The van der Waals surface area contributed by atoms with E-state index in [1.54, 1.807) is 0 Å². The summed E-state index contributed by atoms with van der Waals surface area (Å²) in [4.78, 5) is 26.4. The van der Waals surface area contributed by atoms with E-state index in [1.807, 2.05) is 68.4 Å². The lowest BCUT2D eigenvalue weighted by molar-refractivity contribution is -0.122. The lowest BCUT2D eigenvalue weighted by atomic mass is 9.98. The topological polar surface area (TPSA) is 81.4 Å². The molecule has 5 nitrogen and oxygen atoms in total. The molecule has 3 N–H and O–H groups in total. The zero-order valence-electron chi connectivity index (χ0n) is 19.7. The summed E-state index contributed by atoms with van der Waals surface area (Å²) in [5.41, 5.74) is 9.08. The first-order chi connectivity index (χ1) is 15.8. The van der Waals surface area contributed by atoms with Crippen molar-refractivity contribution in [1.82, 2.24) is 0 Å². The van der Waals surface area contributed by atoms with E-state index in [-0.39, 0.29) is 5.91 Å². The van der Waals surface area contributed by atoms with E-state index in [0.29, 0.717) is 29.3 Å². The summed E-state index contributed by atoms with van der Waals surface area (Å²) in [6.07, 6.45) is 1.46. The third-order valence-corrected chi connectivity index (χ3v) is 7.14. The van der Waals surface area contributed by atoms with Gasteiger partial charge in [-0.2, -0.15) is 0 Å². The molecule has 3 aromatic rings. The molecule has 33 heavy (non-hydrogen) atoms. The molecule has 0 bridgehead atoms. The summed E-state index contributed by atoms with van der Waals surface area (Å²) in [7, 11) is 0. The molecular formula is C27H32N2O3S. The normalized spacial score (nSPS) is 12.7. The van der Waals surface area contributed by atoms with Crippen LogP contribution in [-0.4, -0.2) is 17.9 Å². The number of carbonyl (C=O) groups excluding carboxylic acids is 2. The fourth-order valence-electron chi connectivity index (χ4n) is 3.78.